The smallest absolute Gasteiger partial charge is 0.256 e. The van der Waals surface area contributed by atoms with Crippen LogP contribution in [0.3, 0.4) is 0 Å². The van der Waals surface area contributed by atoms with Crippen LogP contribution in [0.2, 0.25) is 5.02 Å². The molecule has 0 aromatic heterocycles. The Labute approximate surface area is 131 Å². The highest BCUT2D eigenvalue weighted by Crippen LogP contribution is 2.25. The largest absolute Gasteiger partial charge is 0.399 e. The number of anilines is 2. The normalized spacial score (nSPS) is 10.4. The van der Waals surface area contributed by atoms with Gasteiger partial charge in [-0.3, -0.25) is 4.79 Å². The maximum atomic E-state index is 12.3. The van der Waals surface area contributed by atoms with Gasteiger partial charge in [-0.1, -0.05) is 11.6 Å². The van der Waals surface area contributed by atoms with Crippen LogP contribution in [-0.4, -0.2) is 5.91 Å². The van der Waals surface area contributed by atoms with E-state index in [4.69, 9.17) is 17.3 Å². The number of rotatable bonds is 2. The first-order valence-electron chi connectivity index (χ1n) is 6.01. The van der Waals surface area contributed by atoms with Crippen molar-refractivity contribution < 1.29 is 4.79 Å². The number of hydrogen-bond donors (Lipinski definition) is 2. The molecule has 104 valence electrons. The molecular weight excluding hydrogens is 340 g/mol. The zero-order valence-electron chi connectivity index (χ0n) is 11.1. The lowest BCUT2D eigenvalue weighted by atomic mass is 10.1. The number of hydrogen-bond acceptors (Lipinski definition) is 2. The Morgan fingerprint density at radius 3 is 2.60 bits per heavy atom. The number of nitrogens with two attached hydrogens (primary N) is 1. The molecular formula is C15H14BrClN2O. The summed E-state index contributed by atoms with van der Waals surface area (Å²) in [6, 6.07) is 8.80. The summed E-state index contributed by atoms with van der Waals surface area (Å²) in [5.74, 6) is -0.216. The van der Waals surface area contributed by atoms with Crippen LogP contribution in [0.5, 0.6) is 0 Å². The first-order chi connectivity index (χ1) is 9.38. The van der Waals surface area contributed by atoms with Crippen molar-refractivity contribution in [2.75, 3.05) is 11.1 Å². The topological polar surface area (TPSA) is 55.1 Å². The molecule has 0 aliphatic rings. The predicted octanol–water partition coefficient (Wildman–Crippen LogP) is 4.55. The zero-order chi connectivity index (χ0) is 14.9. The van der Waals surface area contributed by atoms with E-state index in [0.29, 0.717) is 20.7 Å². The quantitative estimate of drug-likeness (QED) is 0.778. The van der Waals surface area contributed by atoms with Crippen molar-refractivity contribution in [1.82, 2.24) is 0 Å². The lowest BCUT2D eigenvalue weighted by Crippen LogP contribution is -2.14. The summed E-state index contributed by atoms with van der Waals surface area (Å²) >= 11 is 9.27. The van der Waals surface area contributed by atoms with Crippen LogP contribution in [0.15, 0.2) is 34.8 Å². The van der Waals surface area contributed by atoms with E-state index in [1.165, 1.54) is 0 Å². The zero-order valence-corrected chi connectivity index (χ0v) is 13.5. The van der Waals surface area contributed by atoms with Crippen LogP contribution in [0.1, 0.15) is 21.5 Å². The molecule has 0 heterocycles. The molecule has 2 rings (SSSR count). The molecule has 1 amide bonds. The highest BCUT2D eigenvalue weighted by Gasteiger charge is 2.12. The minimum Gasteiger partial charge on any atom is -0.399 e. The maximum absolute atomic E-state index is 12.3. The summed E-state index contributed by atoms with van der Waals surface area (Å²) < 4.78 is 0.698. The van der Waals surface area contributed by atoms with Crippen molar-refractivity contribution in [3.63, 3.8) is 0 Å². The summed E-state index contributed by atoms with van der Waals surface area (Å²) in [6.45, 7) is 3.80. The molecule has 20 heavy (non-hydrogen) atoms. The number of carbonyl (C=O) groups excluding carboxylic acids is 1. The van der Waals surface area contributed by atoms with Gasteiger partial charge in [-0.05, 0) is 71.2 Å². The highest BCUT2D eigenvalue weighted by atomic mass is 79.9. The summed E-state index contributed by atoms with van der Waals surface area (Å²) in [4.78, 5) is 12.3. The molecule has 0 atom stereocenters. The van der Waals surface area contributed by atoms with E-state index in [1.807, 2.05) is 26.0 Å². The van der Waals surface area contributed by atoms with E-state index in [0.717, 1.165) is 16.8 Å². The monoisotopic (exact) mass is 352 g/mol. The van der Waals surface area contributed by atoms with Crippen LogP contribution < -0.4 is 11.1 Å². The van der Waals surface area contributed by atoms with E-state index in [1.54, 1.807) is 18.2 Å². The third-order valence-corrected chi connectivity index (χ3v) is 3.96. The standard InChI is InChI=1S/C15H14BrClN2O/c1-8-6-14(9(2)5-13(8)18)19-15(20)11-7-10(17)3-4-12(11)16/h3-7H,18H2,1-2H3,(H,19,20). The minimum atomic E-state index is -0.216. The van der Waals surface area contributed by atoms with Crippen molar-refractivity contribution in [3.05, 3.63) is 56.5 Å². The molecule has 0 unspecified atom stereocenters. The SMILES string of the molecule is Cc1cc(NC(=O)c2cc(Cl)ccc2Br)c(C)cc1N. The van der Waals surface area contributed by atoms with Gasteiger partial charge in [0.2, 0.25) is 0 Å². The van der Waals surface area contributed by atoms with Gasteiger partial charge in [0.15, 0.2) is 0 Å². The molecule has 3 nitrogen and oxygen atoms in total. The van der Waals surface area contributed by atoms with Gasteiger partial charge < -0.3 is 11.1 Å². The van der Waals surface area contributed by atoms with Gasteiger partial charge in [0.25, 0.3) is 5.91 Å². The Balaban J connectivity index is 2.32. The van der Waals surface area contributed by atoms with Crippen molar-refractivity contribution in [2.45, 2.75) is 13.8 Å². The van der Waals surface area contributed by atoms with E-state index in [2.05, 4.69) is 21.2 Å². The van der Waals surface area contributed by atoms with Gasteiger partial charge in [0, 0.05) is 20.9 Å². The van der Waals surface area contributed by atoms with Crippen LogP contribution in [0.25, 0.3) is 0 Å². The molecule has 3 N–H and O–H groups in total. The second-order valence-electron chi connectivity index (χ2n) is 4.60. The molecule has 2 aromatic rings. The molecule has 0 aliphatic carbocycles. The third-order valence-electron chi connectivity index (χ3n) is 3.03. The third kappa shape index (κ3) is 3.14. The molecule has 0 fully saturated rings. The number of benzene rings is 2. The van der Waals surface area contributed by atoms with E-state index in [9.17, 15) is 4.79 Å². The van der Waals surface area contributed by atoms with E-state index in [-0.39, 0.29) is 5.91 Å². The summed E-state index contributed by atoms with van der Waals surface area (Å²) in [7, 11) is 0. The lowest BCUT2D eigenvalue weighted by molar-refractivity contribution is 0.102. The van der Waals surface area contributed by atoms with Crippen molar-refractivity contribution in [3.8, 4) is 0 Å². The maximum Gasteiger partial charge on any atom is 0.256 e. The van der Waals surface area contributed by atoms with Crippen LogP contribution >= 0.6 is 27.5 Å². The summed E-state index contributed by atoms with van der Waals surface area (Å²) in [5.41, 5.74) is 9.63. The van der Waals surface area contributed by atoms with Gasteiger partial charge in [-0.2, -0.15) is 0 Å². The van der Waals surface area contributed by atoms with Crippen LogP contribution in [0.4, 0.5) is 11.4 Å². The van der Waals surface area contributed by atoms with Gasteiger partial charge in [0.05, 0.1) is 5.56 Å². The Morgan fingerprint density at radius 2 is 1.90 bits per heavy atom. The fraction of sp³-hybridized carbons (Fsp3) is 0.133. The van der Waals surface area contributed by atoms with Crippen molar-refractivity contribution in [1.29, 1.82) is 0 Å². The Morgan fingerprint density at radius 1 is 1.20 bits per heavy atom. The molecule has 2 aromatic carbocycles. The number of nitrogens with one attached hydrogen (secondary N) is 1. The van der Waals surface area contributed by atoms with Crippen molar-refractivity contribution in [2.24, 2.45) is 0 Å². The molecule has 0 saturated heterocycles. The average Bonchev–Trinajstić information content (AvgIpc) is 2.38. The van der Waals surface area contributed by atoms with Gasteiger partial charge in [-0.15, -0.1) is 0 Å². The first kappa shape index (κ1) is 14.9. The number of amides is 1. The number of aryl methyl sites for hydroxylation is 2. The Hall–Kier alpha value is -1.52. The Bertz CT molecular complexity index is 686. The highest BCUT2D eigenvalue weighted by molar-refractivity contribution is 9.10. The van der Waals surface area contributed by atoms with Gasteiger partial charge >= 0.3 is 0 Å². The van der Waals surface area contributed by atoms with Crippen LogP contribution in [-0.2, 0) is 0 Å². The first-order valence-corrected chi connectivity index (χ1v) is 7.18. The summed E-state index contributed by atoms with van der Waals surface area (Å²) in [6.07, 6.45) is 0. The fourth-order valence-electron chi connectivity index (χ4n) is 1.83. The second kappa shape index (κ2) is 5.85. The van der Waals surface area contributed by atoms with Gasteiger partial charge in [-0.25, -0.2) is 0 Å². The number of nitrogen functional groups attached to an aromatic ring is 1. The Kier molecular flexibility index (Phi) is 4.35. The molecule has 0 spiro atoms. The van der Waals surface area contributed by atoms with Crippen molar-refractivity contribution >= 4 is 44.8 Å². The lowest BCUT2D eigenvalue weighted by Gasteiger charge is -2.12. The number of carbonyl (C=O) groups is 1. The average molecular weight is 354 g/mol. The molecule has 5 heteroatoms. The van der Waals surface area contributed by atoms with E-state index < -0.39 is 0 Å². The number of halogens is 2. The van der Waals surface area contributed by atoms with E-state index >= 15 is 0 Å². The second-order valence-corrected chi connectivity index (χ2v) is 5.89. The molecule has 0 aliphatic heterocycles. The fourth-order valence-corrected chi connectivity index (χ4v) is 2.43. The summed E-state index contributed by atoms with van der Waals surface area (Å²) in [5, 5.41) is 3.40. The molecule has 0 saturated carbocycles. The predicted molar refractivity (Wildman–Crippen MR) is 87.4 cm³/mol. The van der Waals surface area contributed by atoms with Gasteiger partial charge in [0.1, 0.15) is 0 Å². The molecule has 0 radical (unpaired) electrons. The minimum absolute atomic E-state index is 0.216. The molecule has 0 bridgehead atoms. The van der Waals surface area contributed by atoms with Crippen LogP contribution in [0, 0.1) is 13.8 Å².